The molecule has 0 aromatic heterocycles. The monoisotopic (exact) mass is 208 g/mol. The zero-order chi connectivity index (χ0) is 11.4. The van der Waals surface area contributed by atoms with E-state index in [1.807, 2.05) is 4.90 Å². The van der Waals surface area contributed by atoms with Gasteiger partial charge in [-0.2, -0.15) is 0 Å². The topological polar surface area (TPSA) is 46.3 Å². The highest BCUT2D eigenvalue weighted by molar-refractivity contribution is 5.82. The maximum Gasteiger partial charge on any atom is 0.240 e. The maximum absolute atomic E-state index is 11.9. The Kier molecular flexibility index (Phi) is 4.16. The standard InChI is InChI=1S/C12H20N2O/c1-4-6-11(13)12(15)14-8-5-7-9(2)10(14)3/h1,9-11H,5-8,13H2,2-3H3. The smallest absolute Gasteiger partial charge is 0.240 e. The van der Waals surface area contributed by atoms with Gasteiger partial charge in [0.15, 0.2) is 0 Å². The highest BCUT2D eigenvalue weighted by atomic mass is 16.2. The third kappa shape index (κ3) is 2.73. The SMILES string of the molecule is C#CCC(N)C(=O)N1CCCC(C)C1C. The first-order valence-electron chi connectivity index (χ1n) is 5.57. The van der Waals surface area contributed by atoms with E-state index in [4.69, 9.17) is 12.2 Å². The first-order chi connectivity index (χ1) is 7.07. The third-order valence-electron chi connectivity index (χ3n) is 3.31. The Bertz CT molecular complexity index is 269. The van der Waals surface area contributed by atoms with E-state index in [-0.39, 0.29) is 11.9 Å². The summed E-state index contributed by atoms with van der Waals surface area (Å²) in [5.41, 5.74) is 5.73. The number of piperidine rings is 1. The quantitative estimate of drug-likeness (QED) is 0.688. The minimum absolute atomic E-state index is 0.00648. The van der Waals surface area contributed by atoms with Gasteiger partial charge in [-0.3, -0.25) is 4.79 Å². The van der Waals surface area contributed by atoms with E-state index in [0.717, 1.165) is 13.0 Å². The molecule has 1 amide bonds. The van der Waals surface area contributed by atoms with Crippen molar-refractivity contribution in [1.82, 2.24) is 4.90 Å². The normalized spacial score (nSPS) is 28.3. The van der Waals surface area contributed by atoms with Crippen LogP contribution in [0.15, 0.2) is 0 Å². The molecular formula is C12H20N2O. The van der Waals surface area contributed by atoms with Crippen molar-refractivity contribution in [3.05, 3.63) is 0 Å². The largest absolute Gasteiger partial charge is 0.338 e. The van der Waals surface area contributed by atoms with Gasteiger partial charge in [0.25, 0.3) is 0 Å². The first kappa shape index (κ1) is 12.1. The molecule has 0 aromatic rings. The number of hydrogen-bond donors (Lipinski definition) is 1. The van der Waals surface area contributed by atoms with Gasteiger partial charge < -0.3 is 10.6 Å². The highest BCUT2D eigenvalue weighted by Crippen LogP contribution is 2.23. The van der Waals surface area contributed by atoms with E-state index in [1.54, 1.807) is 0 Å². The summed E-state index contributed by atoms with van der Waals surface area (Å²) in [7, 11) is 0. The summed E-state index contributed by atoms with van der Waals surface area (Å²) in [6.07, 6.45) is 7.75. The number of hydrogen-bond acceptors (Lipinski definition) is 2. The fourth-order valence-electron chi connectivity index (χ4n) is 2.07. The van der Waals surface area contributed by atoms with Gasteiger partial charge >= 0.3 is 0 Å². The molecule has 1 aliphatic heterocycles. The lowest BCUT2D eigenvalue weighted by molar-refractivity contribution is -0.137. The van der Waals surface area contributed by atoms with Gasteiger partial charge in [-0.1, -0.05) is 6.92 Å². The molecule has 1 fully saturated rings. The molecule has 1 heterocycles. The molecular weight excluding hydrogens is 188 g/mol. The second kappa shape index (κ2) is 5.18. The van der Waals surface area contributed by atoms with E-state index >= 15 is 0 Å². The molecule has 0 aromatic carbocycles. The molecule has 3 heteroatoms. The maximum atomic E-state index is 11.9. The van der Waals surface area contributed by atoms with E-state index in [2.05, 4.69) is 19.8 Å². The lowest BCUT2D eigenvalue weighted by atomic mass is 9.91. The van der Waals surface area contributed by atoms with Crippen LogP contribution < -0.4 is 5.73 Å². The van der Waals surface area contributed by atoms with Gasteiger partial charge in [-0.05, 0) is 25.7 Å². The molecule has 3 unspecified atom stereocenters. The Morgan fingerprint density at radius 2 is 2.33 bits per heavy atom. The second-order valence-electron chi connectivity index (χ2n) is 4.41. The van der Waals surface area contributed by atoms with Crippen molar-refractivity contribution in [2.45, 2.75) is 45.2 Å². The lowest BCUT2D eigenvalue weighted by Crippen LogP contribution is -2.52. The van der Waals surface area contributed by atoms with Gasteiger partial charge in [0.2, 0.25) is 5.91 Å². The van der Waals surface area contributed by atoms with Crippen LogP contribution in [0.5, 0.6) is 0 Å². The van der Waals surface area contributed by atoms with Crippen LogP contribution in [-0.4, -0.2) is 29.4 Å². The van der Waals surface area contributed by atoms with Crippen molar-refractivity contribution in [2.75, 3.05) is 6.54 Å². The number of nitrogens with two attached hydrogens (primary N) is 1. The Balaban J connectivity index is 2.62. The Hall–Kier alpha value is -1.01. The fourth-order valence-corrected chi connectivity index (χ4v) is 2.07. The van der Waals surface area contributed by atoms with Crippen LogP contribution in [0.3, 0.4) is 0 Å². The molecule has 0 bridgehead atoms. The average molecular weight is 208 g/mol. The van der Waals surface area contributed by atoms with Gasteiger partial charge in [0, 0.05) is 19.0 Å². The van der Waals surface area contributed by atoms with Crippen molar-refractivity contribution in [3.63, 3.8) is 0 Å². The van der Waals surface area contributed by atoms with Crippen LogP contribution in [0.2, 0.25) is 0 Å². The fraction of sp³-hybridized carbons (Fsp3) is 0.750. The number of likely N-dealkylation sites (tertiary alicyclic amines) is 1. The molecule has 0 saturated carbocycles. The summed E-state index contributed by atoms with van der Waals surface area (Å²) in [6.45, 7) is 5.09. The Morgan fingerprint density at radius 3 is 2.93 bits per heavy atom. The molecule has 3 atom stereocenters. The number of carbonyl (C=O) groups is 1. The summed E-state index contributed by atoms with van der Waals surface area (Å²) in [4.78, 5) is 13.8. The van der Waals surface area contributed by atoms with Crippen molar-refractivity contribution in [1.29, 1.82) is 0 Å². The minimum Gasteiger partial charge on any atom is -0.338 e. The molecule has 1 rings (SSSR count). The van der Waals surface area contributed by atoms with Gasteiger partial charge in [0.1, 0.15) is 0 Å². The zero-order valence-corrected chi connectivity index (χ0v) is 9.57. The van der Waals surface area contributed by atoms with Crippen LogP contribution in [-0.2, 0) is 4.79 Å². The molecule has 2 N–H and O–H groups in total. The Morgan fingerprint density at radius 1 is 1.67 bits per heavy atom. The van der Waals surface area contributed by atoms with Crippen molar-refractivity contribution in [3.8, 4) is 12.3 Å². The van der Waals surface area contributed by atoms with Crippen LogP contribution in [0, 0.1) is 18.3 Å². The van der Waals surface area contributed by atoms with E-state index < -0.39 is 6.04 Å². The zero-order valence-electron chi connectivity index (χ0n) is 9.57. The third-order valence-corrected chi connectivity index (χ3v) is 3.31. The molecule has 1 aliphatic rings. The summed E-state index contributed by atoms with van der Waals surface area (Å²) in [5.74, 6) is 3.00. The van der Waals surface area contributed by atoms with Gasteiger partial charge in [-0.25, -0.2) is 0 Å². The molecule has 0 aliphatic carbocycles. The molecule has 3 nitrogen and oxygen atoms in total. The van der Waals surface area contributed by atoms with Crippen LogP contribution in [0.4, 0.5) is 0 Å². The second-order valence-corrected chi connectivity index (χ2v) is 4.41. The number of rotatable bonds is 2. The number of nitrogens with zero attached hydrogens (tertiary/aromatic N) is 1. The van der Waals surface area contributed by atoms with Gasteiger partial charge in [-0.15, -0.1) is 12.3 Å². The summed E-state index contributed by atoms with van der Waals surface area (Å²) >= 11 is 0. The Labute approximate surface area is 92.0 Å². The predicted octanol–water partition coefficient (Wildman–Crippen LogP) is 0.984. The van der Waals surface area contributed by atoms with Crippen LogP contribution in [0.25, 0.3) is 0 Å². The molecule has 0 spiro atoms. The minimum atomic E-state index is -0.525. The highest BCUT2D eigenvalue weighted by Gasteiger charge is 2.30. The van der Waals surface area contributed by atoms with E-state index in [9.17, 15) is 4.79 Å². The van der Waals surface area contributed by atoms with E-state index in [1.165, 1.54) is 6.42 Å². The number of carbonyl (C=O) groups excluding carboxylic acids is 1. The first-order valence-corrected chi connectivity index (χ1v) is 5.57. The molecule has 84 valence electrons. The molecule has 0 radical (unpaired) electrons. The number of terminal acetylenes is 1. The van der Waals surface area contributed by atoms with Crippen molar-refractivity contribution in [2.24, 2.45) is 11.7 Å². The summed E-state index contributed by atoms with van der Waals surface area (Å²) in [6, 6.07) is -0.238. The van der Waals surface area contributed by atoms with Crippen molar-refractivity contribution < 1.29 is 4.79 Å². The number of amides is 1. The summed E-state index contributed by atoms with van der Waals surface area (Å²) < 4.78 is 0. The molecule has 1 saturated heterocycles. The predicted molar refractivity (Wildman–Crippen MR) is 61.0 cm³/mol. The van der Waals surface area contributed by atoms with Crippen LogP contribution in [0.1, 0.15) is 33.1 Å². The van der Waals surface area contributed by atoms with Gasteiger partial charge in [0.05, 0.1) is 6.04 Å². The van der Waals surface area contributed by atoms with E-state index in [0.29, 0.717) is 12.3 Å². The molecule has 15 heavy (non-hydrogen) atoms. The summed E-state index contributed by atoms with van der Waals surface area (Å²) in [5, 5.41) is 0. The average Bonchev–Trinajstić information content (AvgIpc) is 2.21. The lowest BCUT2D eigenvalue weighted by Gasteiger charge is -2.39. The van der Waals surface area contributed by atoms with Crippen molar-refractivity contribution >= 4 is 5.91 Å². The van der Waals surface area contributed by atoms with Crippen LogP contribution >= 0.6 is 0 Å².